The molecule has 17 heteroatoms. The van der Waals surface area contributed by atoms with Crippen LogP contribution in [-0.4, -0.2) is 36.6 Å². The predicted molar refractivity (Wildman–Crippen MR) is 156 cm³/mol. The van der Waals surface area contributed by atoms with Crippen LogP contribution >= 0.6 is 0 Å². The van der Waals surface area contributed by atoms with Crippen molar-refractivity contribution in [2.75, 3.05) is 0 Å². The molecule has 46 heavy (non-hydrogen) atoms. The molecule has 0 bridgehead atoms. The minimum Gasteiger partial charge on any atom is -0.505 e. The molecule has 0 fully saturated rings. The third-order valence-electron chi connectivity index (χ3n) is 6.10. The summed E-state index contributed by atoms with van der Waals surface area (Å²) in [7, 11) is 0. The molecule has 238 valence electrons. The van der Waals surface area contributed by atoms with Crippen LogP contribution in [-0.2, 0) is 24.6 Å². The number of rotatable bonds is 13. The first-order valence-electron chi connectivity index (χ1n) is 12.8. The van der Waals surface area contributed by atoms with E-state index < -0.39 is 70.7 Å². The number of nitroso groups, excluding NO2 is 3. The average Bonchev–Trinajstić information content (AvgIpc) is 3.01. The zero-order chi connectivity index (χ0) is 33.5. The summed E-state index contributed by atoms with van der Waals surface area (Å²) in [6, 6.07) is 9.15. The van der Waals surface area contributed by atoms with Crippen LogP contribution in [0.3, 0.4) is 0 Å². The number of phenolic OH excluding ortho intramolecular Hbond substituents is 6. The highest BCUT2D eigenvalue weighted by Crippen LogP contribution is 2.45. The fourth-order valence-electron chi connectivity index (χ4n) is 4.08. The van der Waals surface area contributed by atoms with Crippen LogP contribution in [0, 0.1) is 14.7 Å². The number of benzene rings is 4. The molecule has 4 aromatic carbocycles. The first-order chi connectivity index (χ1) is 21.9. The van der Waals surface area contributed by atoms with E-state index in [0.29, 0.717) is 0 Å². The first-order valence-corrected chi connectivity index (χ1v) is 12.8. The molecule has 0 atom stereocenters. The highest BCUT2D eigenvalue weighted by atomic mass is 16.6. The molecular weight excluding hydrogens is 614 g/mol. The molecule has 0 radical (unpaired) electrons. The lowest BCUT2D eigenvalue weighted by molar-refractivity contribution is -0.131. The minimum absolute atomic E-state index is 0.102. The SMILES string of the molecule is CC(=O)Oc1cc(OCc2cc(O)c(O)c(O)c2)c(OCc2cc(O)c(O)c(N=O)c2)c(OCc2cc(O)c(N=O)c(N=O)c2)c1. The molecule has 17 nitrogen and oxygen atoms in total. The molecule has 0 aliphatic rings. The van der Waals surface area contributed by atoms with E-state index in [2.05, 4.69) is 15.5 Å². The molecule has 0 saturated carbocycles. The Balaban J connectivity index is 1.76. The second-order valence-electron chi connectivity index (χ2n) is 9.43. The van der Waals surface area contributed by atoms with Crippen molar-refractivity contribution in [3.05, 3.63) is 79.9 Å². The molecule has 0 unspecified atom stereocenters. The number of carbonyl (C=O) groups excluding carboxylic acids is 1. The van der Waals surface area contributed by atoms with Gasteiger partial charge in [0.05, 0.1) is 0 Å². The summed E-state index contributed by atoms with van der Waals surface area (Å²) in [5.41, 5.74) is -1.04. The van der Waals surface area contributed by atoms with E-state index in [9.17, 15) is 50.2 Å². The number of carbonyl (C=O) groups is 1. The summed E-state index contributed by atoms with van der Waals surface area (Å²) in [6.45, 7) is -0.0188. The maximum absolute atomic E-state index is 11.8. The van der Waals surface area contributed by atoms with Gasteiger partial charge in [0, 0.05) is 19.1 Å². The number of hydrogen-bond donors (Lipinski definition) is 6. The quantitative estimate of drug-likeness (QED) is 0.0439. The summed E-state index contributed by atoms with van der Waals surface area (Å²) in [6.07, 6.45) is 0. The highest BCUT2D eigenvalue weighted by Gasteiger charge is 2.21. The average molecular weight is 638 g/mol. The number of aromatic hydroxyl groups is 6. The van der Waals surface area contributed by atoms with E-state index >= 15 is 0 Å². The molecule has 6 N–H and O–H groups in total. The van der Waals surface area contributed by atoms with Crippen molar-refractivity contribution in [1.82, 2.24) is 0 Å². The lowest BCUT2D eigenvalue weighted by Crippen LogP contribution is -2.07. The molecule has 4 rings (SSSR count). The van der Waals surface area contributed by atoms with Gasteiger partial charge in [-0.2, -0.15) is 0 Å². The lowest BCUT2D eigenvalue weighted by atomic mass is 10.1. The van der Waals surface area contributed by atoms with Crippen LogP contribution < -0.4 is 18.9 Å². The Labute approximate surface area is 257 Å². The van der Waals surface area contributed by atoms with E-state index in [-0.39, 0.29) is 46.3 Å². The Morgan fingerprint density at radius 1 is 0.587 bits per heavy atom. The summed E-state index contributed by atoms with van der Waals surface area (Å²) < 4.78 is 22.8. The zero-order valence-corrected chi connectivity index (χ0v) is 23.5. The molecule has 0 heterocycles. The number of esters is 1. The predicted octanol–water partition coefficient (Wildman–Crippen LogP) is 5.78. The molecule has 0 aliphatic heterocycles. The molecule has 0 spiro atoms. The van der Waals surface area contributed by atoms with Crippen molar-refractivity contribution in [3.63, 3.8) is 0 Å². The van der Waals surface area contributed by atoms with E-state index in [4.69, 9.17) is 18.9 Å². The molecule has 4 aromatic rings. The van der Waals surface area contributed by atoms with Gasteiger partial charge in [0.1, 0.15) is 37.0 Å². The summed E-state index contributed by atoms with van der Waals surface area (Å²) in [5, 5.41) is 67.2. The van der Waals surface area contributed by atoms with E-state index in [0.717, 1.165) is 43.3 Å². The molecule has 0 aromatic heterocycles. The number of nitrogens with zero attached hydrogens (tertiary/aromatic N) is 3. The van der Waals surface area contributed by atoms with Crippen LogP contribution in [0.5, 0.6) is 57.5 Å². The van der Waals surface area contributed by atoms with Crippen LogP contribution in [0.4, 0.5) is 17.1 Å². The molecular formula is C29H23N3O14. The van der Waals surface area contributed by atoms with E-state index in [1.807, 2.05) is 0 Å². The second kappa shape index (κ2) is 13.8. The third-order valence-corrected chi connectivity index (χ3v) is 6.10. The van der Waals surface area contributed by atoms with Gasteiger partial charge in [-0.1, -0.05) is 0 Å². The van der Waals surface area contributed by atoms with Crippen LogP contribution in [0.25, 0.3) is 0 Å². The van der Waals surface area contributed by atoms with Gasteiger partial charge in [0.2, 0.25) is 5.75 Å². The maximum Gasteiger partial charge on any atom is 0.308 e. The summed E-state index contributed by atoms with van der Waals surface area (Å²) >= 11 is 0. The van der Waals surface area contributed by atoms with Crippen molar-refractivity contribution < 1.29 is 54.4 Å². The van der Waals surface area contributed by atoms with Gasteiger partial charge in [-0.05, 0) is 68.6 Å². The Hall–Kier alpha value is -6.65. The van der Waals surface area contributed by atoms with Crippen molar-refractivity contribution >= 4 is 23.0 Å². The third kappa shape index (κ3) is 7.28. The highest BCUT2D eigenvalue weighted by molar-refractivity contribution is 5.71. The first kappa shape index (κ1) is 32.3. The van der Waals surface area contributed by atoms with Crippen molar-refractivity contribution in [3.8, 4) is 57.5 Å². The number of ether oxygens (including phenoxy) is 4. The van der Waals surface area contributed by atoms with Gasteiger partial charge in [-0.15, -0.1) is 14.7 Å². The standard InChI is InChI=1S/C29H23N3O14/c1-13(33)46-17-8-24(43-10-14-2-18(30-40)26(32-42)20(34)4-14)29(45-12-15-3-19(31-41)27(38)21(35)5-15)25(9-17)44-11-16-6-22(36)28(39)23(37)7-16/h2-9,34-39H,10-12H2,1H3. The molecule has 0 saturated heterocycles. The zero-order valence-electron chi connectivity index (χ0n) is 23.5. The van der Waals surface area contributed by atoms with Crippen LogP contribution in [0.1, 0.15) is 23.6 Å². The Kier molecular flexibility index (Phi) is 9.65. The van der Waals surface area contributed by atoms with E-state index in [1.54, 1.807) is 0 Å². The van der Waals surface area contributed by atoms with Crippen molar-refractivity contribution in [2.45, 2.75) is 26.7 Å². The normalized spacial score (nSPS) is 10.5. The smallest absolute Gasteiger partial charge is 0.308 e. The van der Waals surface area contributed by atoms with Gasteiger partial charge in [0.15, 0.2) is 51.6 Å². The second-order valence-corrected chi connectivity index (χ2v) is 9.43. The fraction of sp³-hybridized carbons (Fsp3) is 0.138. The Bertz CT molecular complexity index is 1820. The van der Waals surface area contributed by atoms with Crippen molar-refractivity contribution in [1.29, 1.82) is 0 Å². The molecule has 0 aliphatic carbocycles. The summed E-state index contributed by atoms with van der Waals surface area (Å²) in [5.74, 6) is -5.37. The number of phenols is 6. The van der Waals surface area contributed by atoms with Crippen LogP contribution in [0.15, 0.2) is 64.1 Å². The largest absolute Gasteiger partial charge is 0.505 e. The maximum atomic E-state index is 11.8. The Morgan fingerprint density at radius 3 is 1.54 bits per heavy atom. The van der Waals surface area contributed by atoms with Gasteiger partial charge >= 0.3 is 5.97 Å². The van der Waals surface area contributed by atoms with Gasteiger partial charge in [-0.3, -0.25) is 4.79 Å². The number of hydrogen-bond acceptors (Lipinski definition) is 17. The van der Waals surface area contributed by atoms with Gasteiger partial charge in [0.25, 0.3) is 0 Å². The topological polar surface area (TPSA) is 264 Å². The Morgan fingerprint density at radius 2 is 1.04 bits per heavy atom. The fourth-order valence-corrected chi connectivity index (χ4v) is 4.08. The molecule has 0 amide bonds. The monoisotopic (exact) mass is 637 g/mol. The lowest BCUT2D eigenvalue weighted by Gasteiger charge is -2.19. The summed E-state index contributed by atoms with van der Waals surface area (Å²) in [4.78, 5) is 45.1. The van der Waals surface area contributed by atoms with Crippen LogP contribution in [0.2, 0.25) is 0 Å². The van der Waals surface area contributed by atoms with Gasteiger partial charge < -0.3 is 49.6 Å². The van der Waals surface area contributed by atoms with Gasteiger partial charge in [-0.25, -0.2) is 0 Å². The van der Waals surface area contributed by atoms with E-state index in [1.165, 1.54) is 12.1 Å². The van der Waals surface area contributed by atoms with Crippen molar-refractivity contribution in [2.24, 2.45) is 15.5 Å². The minimum atomic E-state index is -0.752.